The van der Waals surface area contributed by atoms with Gasteiger partial charge in [-0.3, -0.25) is 0 Å². The van der Waals surface area contributed by atoms with Gasteiger partial charge in [-0.1, -0.05) is 133 Å². The Balaban J connectivity index is -0.000000197. The number of fused-ring (bicyclic) bond motifs is 3. The number of hydrogen-bond donors (Lipinski definition) is 0. The third-order valence-corrected chi connectivity index (χ3v) is 3.49. The fraction of sp³-hybridized carbons (Fsp3) is 0.520. The molecule has 0 heteroatoms. The van der Waals surface area contributed by atoms with Crippen LogP contribution in [0.1, 0.15) is 95.2 Å². The molecule has 0 spiro atoms. The van der Waals surface area contributed by atoms with Gasteiger partial charge in [-0.15, -0.1) is 0 Å². The van der Waals surface area contributed by atoms with E-state index < -0.39 is 0 Å². The Morgan fingerprint density at radius 2 is 0.840 bits per heavy atom. The molecular weight excluding hydrogens is 300 g/mol. The Hall–Kier alpha value is -1.56. The number of rotatable bonds is 0. The molecule has 0 nitrogen and oxygen atoms in total. The maximum atomic E-state index is 2.30. The predicted octanol–water partition coefficient (Wildman–Crippen LogP) is 9.37. The highest BCUT2D eigenvalue weighted by atomic mass is 14.4. The molecule has 0 bridgehead atoms. The van der Waals surface area contributed by atoms with E-state index in [1.807, 2.05) is 27.7 Å². The molecule has 0 fully saturated rings. The van der Waals surface area contributed by atoms with Crippen LogP contribution in [-0.2, 0) is 5.41 Å². The SMILES string of the molecule is C.C.C.CC.CC.CC1(C)c2ccccc2-c2ccccc21.CCC. The van der Waals surface area contributed by atoms with Crippen molar-refractivity contribution in [2.45, 2.75) is 89.5 Å². The van der Waals surface area contributed by atoms with Gasteiger partial charge in [0.1, 0.15) is 0 Å². The van der Waals surface area contributed by atoms with E-state index in [1.165, 1.54) is 28.7 Å². The van der Waals surface area contributed by atoms with Crippen LogP contribution in [0.4, 0.5) is 0 Å². The van der Waals surface area contributed by atoms with Gasteiger partial charge in [0.15, 0.2) is 0 Å². The number of hydrogen-bond acceptors (Lipinski definition) is 0. The molecule has 0 aliphatic heterocycles. The monoisotopic (exact) mass is 346 g/mol. The Kier molecular flexibility index (Phi) is 19.9. The fourth-order valence-electron chi connectivity index (χ4n) is 2.67. The van der Waals surface area contributed by atoms with Crippen molar-refractivity contribution in [3.63, 3.8) is 0 Å². The van der Waals surface area contributed by atoms with Crippen LogP contribution in [-0.4, -0.2) is 0 Å². The van der Waals surface area contributed by atoms with Crippen LogP contribution in [0.25, 0.3) is 11.1 Å². The van der Waals surface area contributed by atoms with Crippen molar-refractivity contribution < 1.29 is 0 Å². The third kappa shape index (κ3) is 7.06. The molecule has 0 unspecified atom stereocenters. The molecule has 0 N–H and O–H groups in total. The van der Waals surface area contributed by atoms with E-state index in [2.05, 4.69) is 76.2 Å². The van der Waals surface area contributed by atoms with Gasteiger partial charge in [-0.25, -0.2) is 0 Å². The minimum atomic E-state index is 0. The first-order valence-electron chi connectivity index (χ1n) is 8.82. The van der Waals surface area contributed by atoms with Crippen LogP contribution in [0.5, 0.6) is 0 Å². The van der Waals surface area contributed by atoms with Gasteiger partial charge in [0.25, 0.3) is 0 Å². The topological polar surface area (TPSA) is 0 Å². The second-order valence-electron chi connectivity index (χ2n) is 5.42. The fourth-order valence-corrected chi connectivity index (χ4v) is 2.67. The Morgan fingerprint density at radius 1 is 0.600 bits per heavy atom. The molecule has 25 heavy (non-hydrogen) atoms. The summed E-state index contributed by atoms with van der Waals surface area (Å²) in [5.74, 6) is 0. The minimum Gasteiger partial charge on any atom is -0.0776 e. The van der Waals surface area contributed by atoms with E-state index in [1.54, 1.807) is 0 Å². The number of benzene rings is 2. The minimum absolute atomic E-state index is 0. The second kappa shape index (κ2) is 15.9. The zero-order valence-corrected chi connectivity index (χ0v) is 15.8. The summed E-state index contributed by atoms with van der Waals surface area (Å²) >= 11 is 0. The van der Waals surface area contributed by atoms with Gasteiger partial charge in [-0.2, -0.15) is 0 Å². The third-order valence-electron chi connectivity index (χ3n) is 3.49. The first kappa shape index (κ1) is 31.2. The van der Waals surface area contributed by atoms with Crippen LogP contribution in [0.2, 0.25) is 0 Å². The Labute approximate surface area is 160 Å². The molecule has 0 radical (unpaired) electrons. The van der Waals surface area contributed by atoms with Crippen molar-refractivity contribution in [3.8, 4) is 11.1 Å². The van der Waals surface area contributed by atoms with Crippen molar-refractivity contribution in [1.82, 2.24) is 0 Å². The van der Waals surface area contributed by atoms with Gasteiger partial charge < -0.3 is 0 Å². The average Bonchev–Trinajstić information content (AvgIpc) is 2.81. The summed E-state index contributed by atoms with van der Waals surface area (Å²) in [7, 11) is 0. The maximum Gasteiger partial charge on any atom is 0.0158 e. The highest BCUT2D eigenvalue weighted by Gasteiger charge is 2.34. The van der Waals surface area contributed by atoms with Crippen molar-refractivity contribution in [1.29, 1.82) is 0 Å². The van der Waals surface area contributed by atoms with E-state index >= 15 is 0 Å². The first-order chi connectivity index (χ1) is 10.6. The van der Waals surface area contributed by atoms with Crippen LogP contribution in [0.15, 0.2) is 48.5 Å². The highest BCUT2D eigenvalue weighted by Crippen LogP contribution is 2.47. The summed E-state index contributed by atoms with van der Waals surface area (Å²) in [6, 6.07) is 17.4. The van der Waals surface area contributed by atoms with Gasteiger partial charge in [0.2, 0.25) is 0 Å². The molecule has 1 aliphatic carbocycles. The Morgan fingerprint density at radius 3 is 1.12 bits per heavy atom. The van der Waals surface area contributed by atoms with E-state index in [4.69, 9.17) is 0 Å². The first-order valence-corrected chi connectivity index (χ1v) is 8.82. The lowest BCUT2D eigenvalue weighted by atomic mass is 9.82. The molecule has 0 atom stereocenters. The molecule has 0 aromatic heterocycles. The van der Waals surface area contributed by atoms with Gasteiger partial charge in [-0.05, 0) is 22.3 Å². The van der Waals surface area contributed by atoms with Gasteiger partial charge in [0.05, 0.1) is 0 Å². The largest absolute Gasteiger partial charge is 0.0776 e. The quantitative estimate of drug-likeness (QED) is 0.445. The standard InChI is InChI=1S/C15H14.C3H8.2C2H6.3CH4/c1-15(2)13-9-5-3-7-11(13)12-8-4-6-10-14(12)15;1-3-2;2*1-2;;;/h3-10H,1-2H3;3H2,1-2H3;2*1-2H3;3*1H4. The van der Waals surface area contributed by atoms with Crippen LogP contribution < -0.4 is 0 Å². The van der Waals surface area contributed by atoms with Crippen LogP contribution >= 0.6 is 0 Å². The smallest absolute Gasteiger partial charge is 0.0158 e. The molecule has 0 amide bonds. The molecule has 0 saturated carbocycles. The molecular formula is C25H46. The van der Waals surface area contributed by atoms with Crippen molar-refractivity contribution in [2.24, 2.45) is 0 Å². The second-order valence-corrected chi connectivity index (χ2v) is 5.42. The summed E-state index contributed by atoms with van der Waals surface area (Å²) in [5, 5.41) is 0. The molecule has 3 rings (SSSR count). The predicted molar refractivity (Wildman–Crippen MR) is 123 cm³/mol. The lowest BCUT2D eigenvalue weighted by Gasteiger charge is -2.20. The van der Waals surface area contributed by atoms with E-state index in [-0.39, 0.29) is 27.7 Å². The summed E-state index contributed by atoms with van der Waals surface area (Å²) < 4.78 is 0. The highest BCUT2D eigenvalue weighted by molar-refractivity contribution is 5.80. The summed E-state index contributed by atoms with van der Waals surface area (Å²) in [6.07, 6.45) is 1.25. The molecule has 2 aromatic rings. The lowest BCUT2D eigenvalue weighted by Crippen LogP contribution is -2.14. The van der Waals surface area contributed by atoms with Crippen LogP contribution in [0, 0.1) is 0 Å². The molecule has 2 aromatic carbocycles. The van der Waals surface area contributed by atoms with Crippen LogP contribution in [0.3, 0.4) is 0 Å². The normalized spacial score (nSPS) is 10.7. The molecule has 146 valence electrons. The van der Waals surface area contributed by atoms with E-state index in [0.717, 1.165) is 0 Å². The summed E-state index contributed by atoms with van der Waals surface area (Å²) in [5.41, 5.74) is 5.86. The van der Waals surface area contributed by atoms with Crippen molar-refractivity contribution in [2.75, 3.05) is 0 Å². The molecule has 1 aliphatic rings. The maximum absolute atomic E-state index is 2.30. The molecule has 0 saturated heterocycles. The van der Waals surface area contributed by atoms with Gasteiger partial charge in [0, 0.05) is 5.41 Å². The molecule has 0 heterocycles. The lowest BCUT2D eigenvalue weighted by molar-refractivity contribution is 0.660. The van der Waals surface area contributed by atoms with Crippen molar-refractivity contribution in [3.05, 3.63) is 59.7 Å². The zero-order chi connectivity index (χ0) is 17.2. The average molecular weight is 347 g/mol. The van der Waals surface area contributed by atoms with E-state index in [9.17, 15) is 0 Å². The van der Waals surface area contributed by atoms with Crippen molar-refractivity contribution >= 4 is 0 Å². The van der Waals surface area contributed by atoms with Gasteiger partial charge >= 0.3 is 0 Å². The zero-order valence-electron chi connectivity index (χ0n) is 15.8. The summed E-state index contributed by atoms with van der Waals surface area (Å²) in [4.78, 5) is 0. The van der Waals surface area contributed by atoms with E-state index in [0.29, 0.717) is 0 Å². The summed E-state index contributed by atoms with van der Waals surface area (Å²) in [6.45, 7) is 16.9. The Bertz CT molecular complexity index is 488.